The fraction of sp³-hybridized carbons (Fsp3) is 0.667. The highest BCUT2D eigenvalue weighted by Gasteiger charge is 1.99. The van der Waals surface area contributed by atoms with Gasteiger partial charge in [-0.15, -0.1) is 0 Å². The summed E-state index contributed by atoms with van der Waals surface area (Å²) in [6.07, 6.45) is 10.2. The van der Waals surface area contributed by atoms with Gasteiger partial charge in [0.25, 0.3) is 0 Å². The third kappa shape index (κ3) is 8.02. The van der Waals surface area contributed by atoms with Crippen molar-refractivity contribution in [2.24, 2.45) is 0 Å². The van der Waals surface area contributed by atoms with Crippen LogP contribution in [0, 0.1) is 0 Å². The van der Waals surface area contributed by atoms with Crippen molar-refractivity contribution >= 4 is 0 Å². The molecule has 0 aromatic rings. The van der Waals surface area contributed by atoms with Gasteiger partial charge >= 0.3 is 0 Å². The largest absolute Gasteiger partial charge is 0.349 e. The second-order valence-electron chi connectivity index (χ2n) is 2.88. The third-order valence-electron chi connectivity index (χ3n) is 1.63. The van der Waals surface area contributed by atoms with Crippen molar-refractivity contribution in [1.82, 2.24) is 0 Å². The molecule has 0 rings (SSSR count). The summed E-state index contributed by atoms with van der Waals surface area (Å²) in [5, 5.41) is 0. The summed E-state index contributed by atoms with van der Waals surface area (Å²) in [4.78, 5) is 0. The number of hydrogen-bond donors (Lipinski definition) is 0. The Morgan fingerprint density at radius 2 is 1.64 bits per heavy atom. The normalized spacial score (nSPS) is 12.3. The van der Waals surface area contributed by atoms with Gasteiger partial charge in [0.1, 0.15) is 0 Å². The molecular formula is C12H22O2. The van der Waals surface area contributed by atoms with E-state index in [0.29, 0.717) is 13.2 Å². The van der Waals surface area contributed by atoms with E-state index in [1.54, 1.807) is 0 Å². The van der Waals surface area contributed by atoms with E-state index in [0.717, 1.165) is 6.42 Å². The topological polar surface area (TPSA) is 18.5 Å². The molecule has 0 amide bonds. The van der Waals surface area contributed by atoms with Crippen molar-refractivity contribution < 1.29 is 9.47 Å². The summed E-state index contributed by atoms with van der Waals surface area (Å²) in [5.41, 5.74) is 0. The molecule has 14 heavy (non-hydrogen) atoms. The van der Waals surface area contributed by atoms with E-state index < -0.39 is 0 Å². The van der Waals surface area contributed by atoms with Crippen molar-refractivity contribution in [2.75, 3.05) is 13.2 Å². The lowest BCUT2D eigenvalue weighted by Gasteiger charge is -2.11. The second-order valence-corrected chi connectivity index (χ2v) is 2.88. The molecule has 0 aromatic heterocycles. The molecule has 0 aliphatic carbocycles. The highest BCUT2D eigenvalue weighted by molar-refractivity contribution is 5.03. The van der Waals surface area contributed by atoms with Crippen LogP contribution in [0.1, 0.15) is 33.6 Å². The molecule has 0 aromatic carbocycles. The van der Waals surface area contributed by atoms with Gasteiger partial charge in [0.15, 0.2) is 6.29 Å². The average molecular weight is 198 g/mol. The van der Waals surface area contributed by atoms with E-state index in [-0.39, 0.29) is 6.29 Å². The SMILES string of the molecule is CCC/C=C/C=C/C(OCC)OCC. The van der Waals surface area contributed by atoms with Crippen molar-refractivity contribution in [2.45, 2.75) is 39.9 Å². The minimum atomic E-state index is -0.198. The van der Waals surface area contributed by atoms with Crippen LogP contribution >= 0.6 is 0 Å². The summed E-state index contributed by atoms with van der Waals surface area (Å²) >= 11 is 0. The quantitative estimate of drug-likeness (QED) is 0.440. The molecule has 0 aliphatic rings. The number of hydrogen-bond acceptors (Lipinski definition) is 2. The van der Waals surface area contributed by atoms with Crippen molar-refractivity contribution in [3.05, 3.63) is 24.3 Å². The summed E-state index contributed by atoms with van der Waals surface area (Å²) in [5.74, 6) is 0. The smallest absolute Gasteiger partial charge is 0.177 e. The fourth-order valence-corrected chi connectivity index (χ4v) is 0.984. The van der Waals surface area contributed by atoms with Crippen LogP contribution in [0.5, 0.6) is 0 Å². The lowest BCUT2D eigenvalue weighted by molar-refractivity contribution is -0.103. The van der Waals surface area contributed by atoms with Crippen molar-refractivity contribution in [3.8, 4) is 0 Å². The van der Waals surface area contributed by atoms with Gasteiger partial charge in [-0.3, -0.25) is 0 Å². The van der Waals surface area contributed by atoms with Gasteiger partial charge in [-0.1, -0.05) is 31.6 Å². The van der Waals surface area contributed by atoms with Crippen LogP contribution in [0.3, 0.4) is 0 Å². The number of rotatable bonds is 8. The number of unbranched alkanes of at least 4 members (excludes halogenated alkanes) is 1. The van der Waals surface area contributed by atoms with Gasteiger partial charge in [0.05, 0.1) is 0 Å². The molecule has 2 nitrogen and oxygen atoms in total. The molecule has 0 N–H and O–H groups in total. The molecule has 0 saturated carbocycles. The van der Waals surface area contributed by atoms with Crippen LogP contribution < -0.4 is 0 Å². The molecule has 0 saturated heterocycles. The first-order valence-electron chi connectivity index (χ1n) is 5.41. The molecule has 0 atom stereocenters. The maximum atomic E-state index is 5.35. The zero-order valence-corrected chi connectivity index (χ0v) is 9.53. The van der Waals surface area contributed by atoms with Gasteiger partial charge in [-0.2, -0.15) is 0 Å². The van der Waals surface area contributed by atoms with E-state index in [4.69, 9.17) is 9.47 Å². The first-order valence-corrected chi connectivity index (χ1v) is 5.41. The Balaban J connectivity index is 3.76. The Morgan fingerprint density at radius 1 is 1.00 bits per heavy atom. The summed E-state index contributed by atoms with van der Waals surface area (Å²) in [6.45, 7) is 7.44. The van der Waals surface area contributed by atoms with E-state index in [1.165, 1.54) is 6.42 Å². The molecule has 82 valence electrons. The maximum Gasteiger partial charge on any atom is 0.177 e. The van der Waals surface area contributed by atoms with Crippen LogP contribution in [-0.2, 0) is 9.47 Å². The Kier molecular flexibility index (Phi) is 10.0. The molecule has 0 unspecified atom stereocenters. The number of allylic oxidation sites excluding steroid dienone is 3. The fourth-order valence-electron chi connectivity index (χ4n) is 0.984. The van der Waals surface area contributed by atoms with E-state index in [9.17, 15) is 0 Å². The Labute approximate surface area is 87.6 Å². The van der Waals surface area contributed by atoms with Gasteiger partial charge in [-0.25, -0.2) is 0 Å². The zero-order chi connectivity index (χ0) is 10.6. The highest BCUT2D eigenvalue weighted by atomic mass is 16.7. The standard InChI is InChI=1S/C12H22O2/c1-4-7-8-9-10-11-12(13-5-2)14-6-3/h8-12H,4-7H2,1-3H3/b9-8+,11-10+. The molecular weight excluding hydrogens is 176 g/mol. The van der Waals surface area contributed by atoms with E-state index in [2.05, 4.69) is 13.0 Å². The van der Waals surface area contributed by atoms with Crippen molar-refractivity contribution in [3.63, 3.8) is 0 Å². The number of ether oxygens (including phenoxy) is 2. The summed E-state index contributed by atoms with van der Waals surface area (Å²) in [7, 11) is 0. The first kappa shape index (κ1) is 13.4. The lowest BCUT2D eigenvalue weighted by Crippen LogP contribution is -2.13. The molecule has 0 radical (unpaired) electrons. The second kappa shape index (κ2) is 10.5. The van der Waals surface area contributed by atoms with E-state index in [1.807, 2.05) is 32.1 Å². The average Bonchev–Trinajstić information content (AvgIpc) is 2.18. The molecule has 0 aliphatic heterocycles. The van der Waals surface area contributed by atoms with Crippen LogP contribution in [-0.4, -0.2) is 19.5 Å². The van der Waals surface area contributed by atoms with E-state index >= 15 is 0 Å². The Hall–Kier alpha value is -0.600. The van der Waals surface area contributed by atoms with Crippen molar-refractivity contribution in [1.29, 1.82) is 0 Å². The van der Waals surface area contributed by atoms with Crippen LogP contribution in [0.2, 0.25) is 0 Å². The first-order chi connectivity index (χ1) is 6.85. The minimum absolute atomic E-state index is 0.198. The van der Waals surface area contributed by atoms with Crippen LogP contribution in [0.25, 0.3) is 0 Å². The van der Waals surface area contributed by atoms with Gasteiger partial charge in [0.2, 0.25) is 0 Å². The monoisotopic (exact) mass is 198 g/mol. The summed E-state index contributed by atoms with van der Waals surface area (Å²) in [6, 6.07) is 0. The molecule has 2 heteroatoms. The zero-order valence-electron chi connectivity index (χ0n) is 9.53. The van der Waals surface area contributed by atoms with Crippen LogP contribution in [0.4, 0.5) is 0 Å². The third-order valence-corrected chi connectivity index (χ3v) is 1.63. The minimum Gasteiger partial charge on any atom is -0.349 e. The predicted molar refractivity (Wildman–Crippen MR) is 60.2 cm³/mol. The van der Waals surface area contributed by atoms with Gasteiger partial charge in [-0.05, 0) is 26.3 Å². The predicted octanol–water partition coefficient (Wildman–Crippen LogP) is 3.30. The van der Waals surface area contributed by atoms with Gasteiger partial charge in [0, 0.05) is 13.2 Å². The molecule has 0 spiro atoms. The molecule has 0 bridgehead atoms. The highest BCUT2D eigenvalue weighted by Crippen LogP contribution is 1.98. The summed E-state index contributed by atoms with van der Waals surface area (Å²) < 4.78 is 10.7. The molecule has 0 fully saturated rings. The van der Waals surface area contributed by atoms with Gasteiger partial charge < -0.3 is 9.47 Å². The lowest BCUT2D eigenvalue weighted by atomic mass is 10.3. The van der Waals surface area contributed by atoms with Crippen LogP contribution in [0.15, 0.2) is 24.3 Å². The maximum absolute atomic E-state index is 5.35. The Bertz CT molecular complexity index is 156. The Morgan fingerprint density at radius 3 is 2.14 bits per heavy atom. The molecule has 0 heterocycles.